The molecule has 0 fully saturated rings. The summed E-state index contributed by atoms with van der Waals surface area (Å²) in [6.07, 6.45) is -0.0961. The molecule has 0 saturated heterocycles. The summed E-state index contributed by atoms with van der Waals surface area (Å²) < 4.78 is 33.1. The van der Waals surface area contributed by atoms with Crippen molar-refractivity contribution in [2.24, 2.45) is 0 Å². The third kappa shape index (κ3) is 3.52. The van der Waals surface area contributed by atoms with Gasteiger partial charge in [0.25, 0.3) is 0 Å². The Bertz CT molecular complexity index is 617. The van der Waals surface area contributed by atoms with E-state index in [1.807, 2.05) is 0 Å². The summed E-state index contributed by atoms with van der Waals surface area (Å²) in [4.78, 5) is 10.9. The highest BCUT2D eigenvalue weighted by atomic mass is 32.2. The number of nitrogens with zero attached hydrogens (tertiary/aromatic N) is 1. The minimum absolute atomic E-state index is 0.0961. The molecule has 0 radical (unpaired) electrons. The van der Waals surface area contributed by atoms with Crippen LogP contribution in [0.3, 0.4) is 0 Å². The average molecular weight is 314 g/mol. The first-order chi connectivity index (χ1) is 9.95. The lowest BCUT2D eigenvalue weighted by molar-refractivity contribution is -0.137. The molecule has 1 aliphatic rings. The number of nitrogens with one attached hydrogen (secondary N) is 1. The lowest BCUT2D eigenvalue weighted by Crippen LogP contribution is -2.41. The molecule has 0 aliphatic carbocycles. The summed E-state index contributed by atoms with van der Waals surface area (Å²) in [5.74, 6) is -1.28. The van der Waals surface area contributed by atoms with E-state index in [9.17, 15) is 13.2 Å². The monoisotopic (exact) mass is 314 g/mol. The van der Waals surface area contributed by atoms with Crippen LogP contribution in [0.15, 0.2) is 24.3 Å². The van der Waals surface area contributed by atoms with Crippen molar-refractivity contribution in [1.82, 2.24) is 4.72 Å². The fourth-order valence-electron chi connectivity index (χ4n) is 2.42. The molecular formula is C13H18N2O5S. The maximum absolute atomic E-state index is 12.3. The van der Waals surface area contributed by atoms with Crippen LogP contribution in [-0.4, -0.2) is 46.3 Å². The van der Waals surface area contributed by atoms with Crippen LogP contribution in [0.5, 0.6) is 0 Å². The topological polar surface area (TPSA) is 95.9 Å². The number of hydrogen-bond acceptors (Lipinski definition) is 4. The number of carboxylic acids is 1. The van der Waals surface area contributed by atoms with Crippen LogP contribution < -0.4 is 9.03 Å². The van der Waals surface area contributed by atoms with Gasteiger partial charge in [-0.1, -0.05) is 18.2 Å². The van der Waals surface area contributed by atoms with Crippen LogP contribution in [0, 0.1) is 0 Å². The van der Waals surface area contributed by atoms with Gasteiger partial charge in [0.1, 0.15) is 0 Å². The van der Waals surface area contributed by atoms with Gasteiger partial charge in [-0.25, -0.2) is 0 Å². The predicted molar refractivity (Wildman–Crippen MR) is 77.6 cm³/mol. The van der Waals surface area contributed by atoms with E-state index in [0.29, 0.717) is 5.69 Å². The van der Waals surface area contributed by atoms with Gasteiger partial charge >= 0.3 is 16.2 Å². The van der Waals surface area contributed by atoms with Gasteiger partial charge in [0.05, 0.1) is 18.7 Å². The second-order valence-corrected chi connectivity index (χ2v) is 6.46. The second-order valence-electron chi connectivity index (χ2n) is 4.78. The zero-order valence-electron chi connectivity index (χ0n) is 11.7. The van der Waals surface area contributed by atoms with Gasteiger partial charge in [0.15, 0.2) is 0 Å². The molecule has 1 aromatic carbocycles. The maximum atomic E-state index is 12.3. The van der Waals surface area contributed by atoms with Gasteiger partial charge in [-0.05, 0) is 11.6 Å². The Morgan fingerprint density at radius 3 is 2.86 bits per heavy atom. The van der Waals surface area contributed by atoms with E-state index in [0.717, 1.165) is 5.56 Å². The standard InChI is InChI=1S/C13H18N2O5S/c1-20-7-6-14-21(18,19)15-9-10(8-13(16)17)11-4-2-3-5-12(11)15/h2-5,10,14H,6-9H2,1H3,(H,16,17). The fourth-order valence-corrected chi connectivity index (χ4v) is 3.72. The molecule has 1 unspecified atom stereocenters. The first-order valence-electron chi connectivity index (χ1n) is 6.52. The van der Waals surface area contributed by atoms with E-state index in [1.165, 1.54) is 11.4 Å². The van der Waals surface area contributed by atoms with Crippen molar-refractivity contribution < 1.29 is 23.1 Å². The van der Waals surface area contributed by atoms with Crippen LogP contribution in [0.4, 0.5) is 5.69 Å². The number of ether oxygens (including phenoxy) is 1. The van der Waals surface area contributed by atoms with E-state index >= 15 is 0 Å². The minimum atomic E-state index is -3.70. The number of methoxy groups -OCH3 is 1. The molecule has 0 saturated carbocycles. The number of fused-ring (bicyclic) bond motifs is 1. The molecule has 1 aliphatic heterocycles. The Morgan fingerprint density at radius 1 is 1.48 bits per heavy atom. The van der Waals surface area contributed by atoms with Gasteiger partial charge in [0, 0.05) is 26.1 Å². The van der Waals surface area contributed by atoms with Crippen LogP contribution >= 0.6 is 0 Å². The molecule has 0 spiro atoms. The molecule has 116 valence electrons. The fraction of sp³-hybridized carbons (Fsp3) is 0.462. The number of anilines is 1. The minimum Gasteiger partial charge on any atom is -0.481 e. The molecule has 1 aromatic rings. The highest BCUT2D eigenvalue weighted by Gasteiger charge is 2.36. The second kappa shape index (κ2) is 6.42. The largest absolute Gasteiger partial charge is 0.481 e. The van der Waals surface area contributed by atoms with Crippen molar-refractivity contribution in [1.29, 1.82) is 0 Å². The summed E-state index contributed by atoms with van der Waals surface area (Å²) in [5, 5.41) is 8.96. The Balaban J connectivity index is 2.24. The molecule has 0 amide bonds. The van der Waals surface area contributed by atoms with E-state index in [1.54, 1.807) is 24.3 Å². The third-order valence-electron chi connectivity index (χ3n) is 3.33. The maximum Gasteiger partial charge on any atom is 0.304 e. The van der Waals surface area contributed by atoms with Crippen molar-refractivity contribution >= 4 is 21.9 Å². The van der Waals surface area contributed by atoms with E-state index in [4.69, 9.17) is 9.84 Å². The van der Waals surface area contributed by atoms with Gasteiger partial charge in [-0.3, -0.25) is 9.10 Å². The first-order valence-corrected chi connectivity index (χ1v) is 7.96. The van der Waals surface area contributed by atoms with E-state index < -0.39 is 16.2 Å². The SMILES string of the molecule is COCCNS(=O)(=O)N1CC(CC(=O)O)c2ccccc21. The van der Waals surface area contributed by atoms with Crippen molar-refractivity contribution in [3.8, 4) is 0 Å². The number of carbonyl (C=O) groups is 1. The van der Waals surface area contributed by atoms with Gasteiger partial charge in [-0.15, -0.1) is 0 Å². The summed E-state index contributed by atoms with van der Waals surface area (Å²) >= 11 is 0. The van der Waals surface area contributed by atoms with Crippen molar-refractivity contribution in [2.75, 3.05) is 31.1 Å². The Morgan fingerprint density at radius 2 is 2.19 bits per heavy atom. The Labute approximate surface area is 123 Å². The molecule has 1 heterocycles. The van der Waals surface area contributed by atoms with Crippen LogP contribution in [0.25, 0.3) is 0 Å². The molecule has 2 rings (SSSR count). The highest BCUT2D eigenvalue weighted by Crippen LogP contribution is 2.39. The van der Waals surface area contributed by atoms with Crippen LogP contribution in [0.1, 0.15) is 17.9 Å². The molecule has 8 heteroatoms. The zero-order chi connectivity index (χ0) is 15.5. The Kier molecular flexibility index (Phi) is 4.81. The summed E-state index contributed by atoms with van der Waals surface area (Å²) in [5.41, 5.74) is 1.28. The number of carboxylic acid groups (broad SMARTS) is 1. The highest BCUT2D eigenvalue weighted by molar-refractivity contribution is 7.90. The molecule has 2 N–H and O–H groups in total. The zero-order valence-corrected chi connectivity index (χ0v) is 12.5. The van der Waals surface area contributed by atoms with Crippen molar-refractivity contribution in [3.05, 3.63) is 29.8 Å². The predicted octanol–water partition coefficient (Wildman–Crippen LogP) is 0.546. The lowest BCUT2D eigenvalue weighted by Gasteiger charge is -2.20. The smallest absolute Gasteiger partial charge is 0.304 e. The number of aliphatic carboxylic acids is 1. The first kappa shape index (κ1) is 15.7. The number of para-hydroxylation sites is 1. The number of hydrogen-bond donors (Lipinski definition) is 2. The summed E-state index contributed by atoms with van der Waals surface area (Å²) in [6, 6.07) is 6.97. The van der Waals surface area contributed by atoms with Crippen molar-refractivity contribution in [3.63, 3.8) is 0 Å². The molecule has 1 atom stereocenters. The van der Waals surface area contributed by atoms with E-state index in [2.05, 4.69) is 4.72 Å². The van der Waals surface area contributed by atoms with E-state index in [-0.39, 0.29) is 32.0 Å². The van der Waals surface area contributed by atoms with Crippen LogP contribution in [-0.2, 0) is 19.7 Å². The Hall–Kier alpha value is -1.64. The molecule has 0 aromatic heterocycles. The van der Waals surface area contributed by atoms with Gasteiger partial charge in [0.2, 0.25) is 0 Å². The van der Waals surface area contributed by atoms with Gasteiger partial charge in [-0.2, -0.15) is 13.1 Å². The lowest BCUT2D eigenvalue weighted by atomic mass is 9.98. The summed E-state index contributed by atoms with van der Waals surface area (Å²) in [6.45, 7) is 0.572. The molecule has 7 nitrogen and oxygen atoms in total. The summed E-state index contributed by atoms with van der Waals surface area (Å²) in [7, 11) is -2.22. The van der Waals surface area contributed by atoms with Crippen LogP contribution in [0.2, 0.25) is 0 Å². The van der Waals surface area contributed by atoms with Gasteiger partial charge < -0.3 is 9.84 Å². The quantitative estimate of drug-likeness (QED) is 0.716. The normalized spacial score (nSPS) is 17.8. The molecular weight excluding hydrogens is 296 g/mol. The number of rotatable bonds is 7. The average Bonchev–Trinajstić information content (AvgIpc) is 2.78. The molecule has 21 heavy (non-hydrogen) atoms. The van der Waals surface area contributed by atoms with Crippen molar-refractivity contribution in [2.45, 2.75) is 12.3 Å². The third-order valence-corrected chi connectivity index (χ3v) is 4.83. The molecule has 0 bridgehead atoms. The number of benzene rings is 1.